The number of aromatic nitrogens is 2. The van der Waals surface area contributed by atoms with Crippen LogP contribution in [-0.4, -0.2) is 28.3 Å². The topological polar surface area (TPSA) is 50.2 Å². The van der Waals surface area contributed by atoms with Crippen molar-refractivity contribution in [3.8, 4) is 0 Å². The molecule has 23 heavy (non-hydrogen) atoms. The summed E-state index contributed by atoms with van der Waals surface area (Å²) in [4.78, 5) is 13.8. The first kappa shape index (κ1) is 15.6. The van der Waals surface area contributed by atoms with Crippen LogP contribution >= 0.6 is 0 Å². The third-order valence-electron chi connectivity index (χ3n) is 4.36. The molecule has 1 aliphatic heterocycles. The number of aryl methyl sites for hydroxylation is 2. The molecule has 2 heterocycles. The second-order valence-electron chi connectivity index (χ2n) is 6.08. The Morgan fingerprint density at radius 1 is 1.35 bits per heavy atom. The molecule has 1 aromatic carbocycles. The molecule has 5 nitrogen and oxygen atoms in total. The van der Waals surface area contributed by atoms with Crippen LogP contribution in [0.15, 0.2) is 36.7 Å². The van der Waals surface area contributed by atoms with Crippen molar-refractivity contribution in [2.24, 2.45) is 0 Å². The highest BCUT2D eigenvalue weighted by molar-refractivity contribution is 5.96. The Bertz CT molecular complexity index is 666. The molecule has 1 amide bonds. The number of hydrogen-bond donors (Lipinski definition) is 1. The van der Waals surface area contributed by atoms with Crippen LogP contribution < -0.4 is 10.2 Å². The summed E-state index contributed by atoms with van der Waals surface area (Å²) in [5.41, 5.74) is 3.45. The van der Waals surface area contributed by atoms with Gasteiger partial charge in [0, 0.05) is 49.3 Å². The molecular formula is C18H24N4O. The van der Waals surface area contributed by atoms with Crippen LogP contribution in [0.4, 0.5) is 11.4 Å². The van der Waals surface area contributed by atoms with E-state index in [1.807, 2.05) is 35.0 Å². The first-order valence-electron chi connectivity index (χ1n) is 8.34. The van der Waals surface area contributed by atoms with Gasteiger partial charge in [-0.05, 0) is 56.5 Å². The standard InChI is InChI=1S/C18H24N4O/c1-3-22-17-7-6-16(13-15(17)5-8-18(22)23)20-14(2)9-12-21-11-4-10-19-21/h4,6-7,10-11,13-14,20H,3,5,8-9,12H2,1-2H3/t14-/m0/s1. The molecule has 1 N–H and O–H groups in total. The van der Waals surface area contributed by atoms with Gasteiger partial charge in [0.05, 0.1) is 0 Å². The molecule has 1 aliphatic rings. The maximum atomic E-state index is 12.0. The number of nitrogens with one attached hydrogen (secondary N) is 1. The van der Waals surface area contributed by atoms with Gasteiger partial charge in [0.25, 0.3) is 0 Å². The fourth-order valence-electron chi connectivity index (χ4n) is 3.11. The quantitative estimate of drug-likeness (QED) is 0.892. The summed E-state index contributed by atoms with van der Waals surface area (Å²) in [6.07, 6.45) is 6.25. The molecule has 0 aliphatic carbocycles. The number of fused-ring (bicyclic) bond motifs is 1. The minimum absolute atomic E-state index is 0.230. The van der Waals surface area contributed by atoms with Crippen molar-refractivity contribution < 1.29 is 4.79 Å². The lowest BCUT2D eigenvalue weighted by atomic mass is 10.00. The van der Waals surface area contributed by atoms with Crippen molar-refractivity contribution >= 4 is 17.3 Å². The molecule has 0 radical (unpaired) electrons. The van der Waals surface area contributed by atoms with Gasteiger partial charge < -0.3 is 10.2 Å². The van der Waals surface area contributed by atoms with Crippen LogP contribution in [0.3, 0.4) is 0 Å². The van der Waals surface area contributed by atoms with Gasteiger partial charge in [-0.3, -0.25) is 9.48 Å². The summed E-state index contributed by atoms with van der Waals surface area (Å²) in [7, 11) is 0. The Morgan fingerprint density at radius 3 is 2.96 bits per heavy atom. The molecule has 0 saturated heterocycles. The van der Waals surface area contributed by atoms with Crippen molar-refractivity contribution in [1.29, 1.82) is 0 Å². The van der Waals surface area contributed by atoms with Crippen LogP contribution in [0.5, 0.6) is 0 Å². The fourth-order valence-corrected chi connectivity index (χ4v) is 3.11. The zero-order chi connectivity index (χ0) is 16.2. The predicted molar refractivity (Wildman–Crippen MR) is 92.7 cm³/mol. The summed E-state index contributed by atoms with van der Waals surface area (Å²) in [5.74, 6) is 0.230. The third kappa shape index (κ3) is 3.55. The monoisotopic (exact) mass is 312 g/mol. The van der Waals surface area contributed by atoms with Gasteiger partial charge in [-0.25, -0.2) is 0 Å². The first-order chi connectivity index (χ1) is 11.2. The number of rotatable bonds is 6. The van der Waals surface area contributed by atoms with Crippen LogP contribution in [0.2, 0.25) is 0 Å². The number of benzene rings is 1. The van der Waals surface area contributed by atoms with Crippen LogP contribution in [0.25, 0.3) is 0 Å². The molecule has 0 unspecified atom stereocenters. The van der Waals surface area contributed by atoms with E-state index < -0.39 is 0 Å². The van der Waals surface area contributed by atoms with Gasteiger partial charge in [-0.1, -0.05) is 0 Å². The van der Waals surface area contributed by atoms with Crippen LogP contribution in [-0.2, 0) is 17.8 Å². The Hall–Kier alpha value is -2.30. The molecule has 3 rings (SSSR count). The van der Waals surface area contributed by atoms with E-state index in [4.69, 9.17) is 0 Å². The Kier molecular flexibility index (Phi) is 4.65. The summed E-state index contributed by atoms with van der Waals surface area (Å²) in [5, 5.41) is 7.78. The van der Waals surface area contributed by atoms with Gasteiger partial charge in [0.2, 0.25) is 5.91 Å². The average Bonchev–Trinajstić information content (AvgIpc) is 3.06. The van der Waals surface area contributed by atoms with Crippen molar-refractivity contribution in [1.82, 2.24) is 9.78 Å². The molecule has 0 spiro atoms. The van der Waals surface area contributed by atoms with Crippen molar-refractivity contribution in [3.63, 3.8) is 0 Å². The smallest absolute Gasteiger partial charge is 0.227 e. The summed E-state index contributed by atoms with van der Waals surface area (Å²) in [6, 6.07) is 8.64. The number of hydrogen-bond acceptors (Lipinski definition) is 3. The predicted octanol–water partition coefficient (Wildman–Crippen LogP) is 3.07. The minimum atomic E-state index is 0.230. The molecular weight excluding hydrogens is 288 g/mol. The normalized spacial score (nSPS) is 15.4. The van der Waals surface area contributed by atoms with E-state index in [1.165, 1.54) is 5.56 Å². The van der Waals surface area contributed by atoms with Gasteiger partial charge in [-0.2, -0.15) is 5.10 Å². The maximum absolute atomic E-state index is 12.0. The molecule has 0 bridgehead atoms. The van der Waals surface area contributed by atoms with E-state index in [-0.39, 0.29) is 5.91 Å². The van der Waals surface area contributed by atoms with Gasteiger partial charge >= 0.3 is 0 Å². The number of carbonyl (C=O) groups is 1. The number of amides is 1. The lowest BCUT2D eigenvalue weighted by Crippen LogP contribution is -2.34. The molecule has 122 valence electrons. The molecule has 0 fully saturated rings. The number of nitrogens with zero attached hydrogens (tertiary/aromatic N) is 3. The third-order valence-corrected chi connectivity index (χ3v) is 4.36. The molecule has 5 heteroatoms. The number of anilines is 2. The van der Waals surface area contributed by atoms with Crippen LogP contribution in [0.1, 0.15) is 32.3 Å². The molecule has 1 atom stereocenters. The Balaban J connectivity index is 1.64. The van der Waals surface area contributed by atoms with Gasteiger partial charge in [0.15, 0.2) is 0 Å². The van der Waals surface area contributed by atoms with Crippen molar-refractivity contribution in [2.45, 2.75) is 45.7 Å². The lowest BCUT2D eigenvalue weighted by molar-refractivity contribution is -0.118. The zero-order valence-corrected chi connectivity index (χ0v) is 13.8. The van der Waals surface area contributed by atoms with Gasteiger partial charge in [0.1, 0.15) is 0 Å². The van der Waals surface area contributed by atoms with Crippen molar-refractivity contribution in [3.05, 3.63) is 42.2 Å². The second kappa shape index (κ2) is 6.86. The fraction of sp³-hybridized carbons (Fsp3) is 0.444. The van der Waals surface area contributed by atoms with Gasteiger partial charge in [-0.15, -0.1) is 0 Å². The lowest BCUT2D eigenvalue weighted by Gasteiger charge is -2.29. The first-order valence-corrected chi connectivity index (χ1v) is 8.34. The Labute approximate surface area is 137 Å². The highest BCUT2D eigenvalue weighted by Crippen LogP contribution is 2.30. The van der Waals surface area contributed by atoms with E-state index >= 15 is 0 Å². The molecule has 2 aromatic rings. The average molecular weight is 312 g/mol. The second-order valence-corrected chi connectivity index (χ2v) is 6.08. The highest BCUT2D eigenvalue weighted by atomic mass is 16.2. The van der Waals surface area contributed by atoms with E-state index in [0.29, 0.717) is 12.5 Å². The van der Waals surface area contributed by atoms with E-state index in [0.717, 1.165) is 37.3 Å². The largest absolute Gasteiger partial charge is 0.383 e. The minimum Gasteiger partial charge on any atom is -0.383 e. The van der Waals surface area contributed by atoms with E-state index in [1.54, 1.807) is 0 Å². The molecule has 0 saturated carbocycles. The summed E-state index contributed by atoms with van der Waals surface area (Å²) < 4.78 is 1.95. The maximum Gasteiger partial charge on any atom is 0.227 e. The SMILES string of the molecule is CCN1C(=O)CCc2cc(N[C@@H](C)CCn3cccn3)ccc21. The summed E-state index contributed by atoms with van der Waals surface area (Å²) >= 11 is 0. The van der Waals surface area contributed by atoms with E-state index in [2.05, 4.69) is 35.5 Å². The Morgan fingerprint density at radius 2 is 2.22 bits per heavy atom. The van der Waals surface area contributed by atoms with Crippen LogP contribution in [0, 0.1) is 0 Å². The highest BCUT2D eigenvalue weighted by Gasteiger charge is 2.22. The molecule has 1 aromatic heterocycles. The summed E-state index contributed by atoms with van der Waals surface area (Å²) in [6.45, 7) is 5.85. The zero-order valence-electron chi connectivity index (χ0n) is 13.8. The number of carbonyl (C=O) groups excluding carboxylic acids is 1. The van der Waals surface area contributed by atoms with E-state index in [9.17, 15) is 4.79 Å². The van der Waals surface area contributed by atoms with Crippen molar-refractivity contribution in [2.75, 3.05) is 16.8 Å².